The summed E-state index contributed by atoms with van der Waals surface area (Å²) in [7, 11) is 0. The van der Waals surface area contributed by atoms with E-state index in [4.69, 9.17) is 23.2 Å². The van der Waals surface area contributed by atoms with Crippen molar-refractivity contribution in [2.75, 3.05) is 18.1 Å². The van der Waals surface area contributed by atoms with Crippen LogP contribution >= 0.6 is 35.0 Å². The summed E-state index contributed by atoms with van der Waals surface area (Å²) >= 11 is 14.3. The highest BCUT2D eigenvalue weighted by atomic mass is 35.5. The number of benzene rings is 1. The molecule has 1 N–H and O–H groups in total. The van der Waals surface area contributed by atoms with Crippen molar-refractivity contribution in [2.24, 2.45) is 0 Å². The SMILES string of the molecule is CCNC(CSCC)Cc1c(Cl)cccc1Cl. The normalized spacial score (nSPS) is 12.7. The monoisotopic (exact) mass is 291 g/mol. The second kappa shape index (κ2) is 8.25. The average Bonchev–Trinajstić information content (AvgIpc) is 2.31. The van der Waals surface area contributed by atoms with E-state index in [1.165, 1.54) is 0 Å². The lowest BCUT2D eigenvalue weighted by molar-refractivity contribution is 0.573. The molecular weight excluding hydrogens is 273 g/mol. The second-order valence-corrected chi connectivity index (χ2v) is 5.95. The number of hydrogen-bond acceptors (Lipinski definition) is 2. The molecular formula is C13H19Cl2NS. The van der Waals surface area contributed by atoms with Gasteiger partial charge >= 0.3 is 0 Å². The zero-order valence-electron chi connectivity index (χ0n) is 10.3. The summed E-state index contributed by atoms with van der Waals surface area (Å²) in [6, 6.07) is 6.12. The molecule has 96 valence electrons. The maximum absolute atomic E-state index is 6.19. The van der Waals surface area contributed by atoms with Gasteiger partial charge in [-0.3, -0.25) is 0 Å². The maximum Gasteiger partial charge on any atom is 0.0453 e. The highest BCUT2D eigenvalue weighted by Crippen LogP contribution is 2.26. The van der Waals surface area contributed by atoms with Crippen LogP contribution in [0.15, 0.2) is 18.2 Å². The fourth-order valence-electron chi connectivity index (χ4n) is 1.71. The molecule has 0 aliphatic heterocycles. The fraction of sp³-hybridized carbons (Fsp3) is 0.538. The number of rotatable bonds is 7. The van der Waals surface area contributed by atoms with Gasteiger partial charge in [-0.25, -0.2) is 0 Å². The zero-order valence-corrected chi connectivity index (χ0v) is 12.6. The maximum atomic E-state index is 6.19. The van der Waals surface area contributed by atoms with E-state index in [0.717, 1.165) is 40.1 Å². The number of likely N-dealkylation sites (N-methyl/N-ethyl adjacent to an activating group) is 1. The van der Waals surface area contributed by atoms with Gasteiger partial charge in [0.1, 0.15) is 0 Å². The first-order valence-electron chi connectivity index (χ1n) is 5.93. The van der Waals surface area contributed by atoms with Crippen molar-refractivity contribution in [3.8, 4) is 0 Å². The van der Waals surface area contributed by atoms with Gasteiger partial charge in [-0.15, -0.1) is 0 Å². The van der Waals surface area contributed by atoms with Crippen molar-refractivity contribution in [3.63, 3.8) is 0 Å². The first-order chi connectivity index (χ1) is 8.19. The molecule has 0 fully saturated rings. The molecule has 0 bridgehead atoms. The molecule has 1 nitrogen and oxygen atoms in total. The number of nitrogens with one attached hydrogen (secondary N) is 1. The van der Waals surface area contributed by atoms with Gasteiger partial charge in [0.2, 0.25) is 0 Å². The minimum atomic E-state index is 0.433. The van der Waals surface area contributed by atoms with Crippen LogP contribution in [-0.2, 0) is 6.42 Å². The molecule has 17 heavy (non-hydrogen) atoms. The van der Waals surface area contributed by atoms with Crippen LogP contribution in [0.25, 0.3) is 0 Å². The third-order valence-electron chi connectivity index (χ3n) is 2.53. The summed E-state index contributed by atoms with van der Waals surface area (Å²) in [4.78, 5) is 0. The highest BCUT2D eigenvalue weighted by molar-refractivity contribution is 7.99. The minimum Gasteiger partial charge on any atom is -0.313 e. The predicted molar refractivity (Wildman–Crippen MR) is 80.6 cm³/mol. The Bertz CT molecular complexity index is 324. The largest absolute Gasteiger partial charge is 0.313 e. The molecule has 0 aliphatic carbocycles. The Morgan fingerprint density at radius 1 is 1.24 bits per heavy atom. The molecule has 0 amide bonds. The van der Waals surface area contributed by atoms with E-state index in [-0.39, 0.29) is 0 Å². The zero-order chi connectivity index (χ0) is 12.7. The molecule has 0 saturated carbocycles. The van der Waals surface area contributed by atoms with Crippen molar-refractivity contribution in [3.05, 3.63) is 33.8 Å². The van der Waals surface area contributed by atoms with E-state index < -0.39 is 0 Å². The molecule has 1 atom stereocenters. The van der Waals surface area contributed by atoms with Crippen LogP contribution in [0.3, 0.4) is 0 Å². The van der Waals surface area contributed by atoms with E-state index in [9.17, 15) is 0 Å². The Morgan fingerprint density at radius 3 is 2.41 bits per heavy atom. The lowest BCUT2D eigenvalue weighted by Crippen LogP contribution is -2.33. The molecule has 0 spiro atoms. The highest BCUT2D eigenvalue weighted by Gasteiger charge is 2.13. The van der Waals surface area contributed by atoms with E-state index in [0.29, 0.717) is 6.04 Å². The van der Waals surface area contributed by atoms with Crippen LogP contribution in [-0.4, -0.2) is 24.1 Å². The minimum absolute atomic E-state index is 0.433. The van der Waals surface area contributed by atoms with E-state index in [1.807, 2.05) is 30.0 Å². The summed E-state index contributed by atoms with van der Waals surface area (Å²) in [6.45, 7) is 5.27. The van der Waals surface area contributed by atoms with Crippen LogP contribution in [0.1, 0.15) is 19.4 Å². The lowest BCUT2D eigenvalue weighted by atomic mass is 10.1. The van der Waals surface area contributed by atoms with Crippen LogP contribution in [0.2, 0.25) is 10.0 Å². The van der Waals surface area contributed by atoms with Gasteiger partial charge < -0.3 is 5.32 Å². The van der Waals surface area contributed by atoms with E-state index in [2.05, 4.69) is 19.2 Å². The molecule has 1 aromatic carbocycles. The third kappa shape index (κ3) is 5.09. The molecule has 0 aliphatic rings. The molecule has 0 radical (unpaired) electrons. The fourth-order valence-corrected chi connectivity index (χ4v) is 3.02. The summed E-state index contributed by atoms with van der Waals surface area (Å²) in [5.41, 5.74) is 1.05. The topological polar surface area (TPSA) is 12.0 Å². The predicted octanol–water partition coefficient (Wildman–Crippen LogP) is 4.27. The number of hydrogen-bond donors (Lipinski definition) is 1. The van der Waals surface area contributed by atoms with Gasteiger partial charge in [0.05, 0.1) is 0 Å². The van der Waals surface area contributed by atoms with Gasteiger partial charge in [0, 0.05) is 21.8 Å². The number of thioether (sulfide) groups is 1. The van der Waals surface area contributed by atoms with Crippen molar-refractivity contribution < 1.29 is 0 Å². The molecule has 4 heteroatoms. The van der Waals surface area contributed by atoms with Crippen LogP contribution < -0.4 is 5.32 Å². The van der Waals surface area contributed by atoms with Crippen molar-refractivity contribution in [1.82, 2.24) is 5.32 Å². The van der Waals surface area contributed by atoms with Gasteiger partial charge in [-0.1, -0.05) is 43.1 Å². The number of halogens is 2. The second-order valence-electron chi connectivity index (χ2n) is 3.82. The van der Waals surface area contributed by atoms with Crippen molar-refractivity contribution >= 4 is 35.0 Å². The molecule has 0 saturated heterocycles. The summed E-state index contributed by atoms with van der Waals surface area (Å²) in [6.07, 6.45) is 0.888. The van der Waals surface area contributed by atoms with Gasteiger partial charge in [0.15, 0.2) is 0 Å². The summed E-state index contributed by atoms with van der Waals surface area (Å²) in [5.74, 6) is 2.23. The molecule has 0 aromatic heterocycles. The summed E-state index contributed by atoms with van der Waals surface area (Å²) in [5, 5.41) is 5.01. The Hall–Kier alpha value is 0.110. The van der Waals surface area contributed by atoms with Crippen LogP contribution in [0.4, 0.5) is 0 Å². The lowest BCUT2D eigenvalue weighted by Gasteiger charge is -2.18. The van der Waals surface area contributed by atoms with Gasteiger partial charge in [-0.05, 0) is 36.4 Å². The van der Waals surface area contributed by atoms with Gasteiger partial charge in [0.25, 0.3) is 0 Å². The van der Waals surface area contributed by atoms with Gasteiger partial charge in [-0.2, -0.15) is 11.8 Å². The summed E-state index contributed by atoms with van der Waals surface area (Å²) < 4.78 is 0. The Labute approximate surface area is 118 Å². The quantitative estimate of drug-likeness (QED) is 0.805. The third-order valence-corrected chi connectivity index (χ3v) is 4.28. The van der Waals surface area contributed by atoms with E-state index >= 15 is 0 Å². The van der Waals surface area contributed by atoms with Crippen molar-refractivity contribution in [2.45, 2.75) is 26.3 Å². The smallest absolute Gasteiger partial charge is 0.0453 e. The van der Waals surface area contributed by atoms with E-state index in [1.54, 1.807) is 0 Å². The standard InChI is InChI=1S/C13H19Cl2NS/c1-3-16-10(9-17-4-2)8-11-12(14)6-5-7-13(11)15/h5-7,10,16H,3-4,8-9H2,1-2H3. The molecule has 0 heterocycles. The molecule has 1 unspecified atom stereocenters. The van der Waals surface area contributed by atoms with Crippen LogP contribution in [0.5, 0.6) is 0 Å². The van der Waals surface area contributed by atoms with Crippen LogP contribution in [0, 0.1) is 0 Å². The first kappa shape index (κ1) is 15.2. The Morgan fingerprint density at radius 2 is 1.88 bits per heavy atom. The molecule has 1 rings (SSSR count). The first-order valence-corrected chi connectivity index (χ1v) is 7.84. The molecule has 1 aromatic rings. The Kier molecular flexibility index (Phi) is 7.36. The average molecular weight is 292 g/mol. The van der Waals surface area contributed by atoms with Crippen molar-refractivity contribution in [1.29, 1.82) is 0 Å². The Balaban J connectivity index is 2.70.